The fourth-order valence-electron chi connectivity index (χ4n) is 1.82. The molecule has 92 valence electrons. The summed E-state index contributed by atoms with van der Waals surface area (Å²) in [6.45, 7) is 4.48. The predicted octanol–water partition coefficient (Wildman–Crippen LogP) is 2.61. The van der Waals surface area contributed by atoms with Crippen LogP contribution >= 0.6 is 11.3 Å². The van der Waals surface area contributed by atoms with Crippen LogP contribution in [0.1, 0.15) is 25.3 Å². The standard InChI is InChI=1S/C13H24N2S/c1-4-8-14-13(10-15(2)3)6-5-12-7-9-16-11-12/h7,9,11,13-14H,4-6,8,10H2,1-3H3. The molecule has 0 aliphatic heterocycles. The van der Waals surface area contributed by atoms with E-state index in [2.05, 4.69) is 48.1 Å². The Labute approximate surface area is 104 Å². The third kappa shape index (κ3) is 5.64. The molecule has 1 atom stereocenters. The van der Waals surface area contributed by atoms with E-state index >= 15 is 0 Å². The van der Waals surface area contributed by atoms with Crippen molar-refractivity contribution in [3.05, 3.63) is 22.4 Å². The molecule has 1 N–H and O–H groups in total. The van der Waals surface area contributed by atoms with Gasteiger partial charge in [-0.05, 0) is 62.3 Å². The van der Waals surface area contributed by atoms with Gasteiger partial charge in [-0.1, -0.05) is 6.92 Å². The van der Waals surface area contributed by atoms with Gasteiger partial charge in [0.25, 0.3) is 0 Å². The van der Waals surface area contributed by atoms with Crippen LogP contribution in [0.2, 0.25) is 0 Å². The largest absolute Gasteiger partial charge is 0.313 e. The molecule has 1 heterocycles. The highest BCUT2D eigenvalue weighted by molar-refractivity contribution is 7.07. The quantitative estimate of drug-likeness (QED) is 0.751. The summed E-state index contributed by atoms with van der Waals surface area (Å²) in [6.07, 6.45) is 3.63. The molecular formula is C13H24N2S. The molecule has 1 aromatic rings. The van der Waals surface area contributed by atoms with Crippen molar-refractivity contribution in [1.82, 2.24) is 10.2 Å². The van der Waals surface area contributed by atoms with Crippen molar-refractivity contribution in [3.63, 3.8) is 0 Å². The van der Waals surface area contributed by atoms with E-state index < -0.39 is 0 Å². The predicted molar refractivity (Wildman–Crippen MR) is 73.3 cm³/mol. The van der Waals surface area contributed by atoms with Crippen molar-refractivity contribution in [2.75, 3.05) is 27.2 Å². The molecule has 0 radical (unpaired) electrons. The molecule has 0 aliphatic rings. The fourth-order valence-corrected chi connectivity index (χ4v) is 2.53. The first-order valence-electron chi connectivity index (χ1n) is 6.11. The number of hydrogen-bond donors (Lipinski definition) is 1. The van der Waals surface area contributed by atoms with Crippen molar-refractivity contribution in [3.8, 4) is 0 Å². The maximum atomic E-state index is 3.62. The van der Waals surface area contributed by atoms with Crippen LogP contribution in [-0.4, -0.2) is 38.1 Å². The Kier molecular flexibility index (Phi) is 6.69. The molecule has 1 rings (SSSR count). The van der Waals surface area contributed by atoms with Crippen molar-refractivity contribution in [2.45, 2.75) is 32.2 Å². The lowest BCUT2D eigenvalue weighted by molar-refractivity contribution is 0.326. The molecule has 0 bridgehead atoms. The number of aryl methyl sites for hydroxylation is 1. The van der Waals surface area contributed by atoms with E-state index in [9.17, 15) is 0 Å². The van der Waals surface area contributed by atoms with E-state index in [1.54, 1.807) is 11.3 Å². The average Bonchev–Trinajstić information content (AvgIpc) is 2.74. The minimum absolute atomic E-state index is 0.620. The molecule has 3 heteroatoms. The zero-order chi connectivity index (χ0) is 11.8. The summed E-state index contributed by atoms with van der Waals surface area (Å²) in [5.74, 6) is 0. The second kappa shape index (κ2) is 7.82. The zero-order valence-electron chi connectivity index (χ0n) is 10.7. The third-order valence-corrected chi connectivity index (χ3v) is 3.36. The van der Waals surface area contributed by atoms with Crippen LogP contribution in [0.3, 0.4) is 0 Å². The highest BCUT2D eigenvalue weighted by Gasteiger charge is 2.09. The van der Waals surface area contributed by atoms with Crippen LogP contribution in [0.25, 0.3) is 0 Å². The van der Waals surface area contributed by atoms with E-state index in [0.29, 0.717) is 6.04 Å². The maximum Gasteiger partial charge on any atom is 0.0197 e. The van der Waals surface area contributed by atoms with Crippen LogP contribution in [0.15, 0.2) is 16.8 Å². The Morgan fingerprint density at radius 3 is 2.81 bits per heavy atom. The Morgan fingerprint density at radius 2 is 2.25 bits per heavy atom. The molecule has 16 heavy (non-hydrogen) atoms. The highest BCUT2D eigenvalue weighted by Crippen LogP contribution is 2.10. The monoisotopic (exact) mass is 240 g/mol. The van der Waals surface area contributed by atoms with Gasteiger partial charge in [-0.25, -0.2) is 0 Å². The fraction of sp³-hybridized carbons (Fsp3) is 0.692. The van der Waals surface area contributed by atoms with Crippen LogP contribution in [0.4, 0.5) is 0 Å². The maximum absolute atomic E-state index is 3.62. The molecule has 2 nitrogen and oxygen atoms in total. The van der Waals surface area contributed by atoms with Crippen LogP contribution in [-0.2, 0) is 6.42 Å². The van der Waals surface area contributed by atoms with Gasteiger partial charge in [0.2, 0.25) is 0 Å². The van der Waals surface area contributed by atoms with Crippen molar-refractivity contribution in [1.29, 1.82) is 0 Å². The lowest BCUT2D eigenvalue weighted by atomic mass is 10.1. The molecule has 1 aromatic heterocycles. The number of hydrogen-bond acceptors (Lipinski definition) is 3. The lowest BCUT2D eigenvalue weighted by Crippen LogP contribution is -2.38. The number of likely N-dealkylation sites (N-methyl/N-ethyl adjacent to an activating group) is 1. The van der Waals surface area contributed by atoms with Gasteiger partial charge in [0.15, 0.2) is 0 Å². The topological polar surface area (TPSA) is 15.3 Å². The molecule has 0 aromatic carbocycles. The Morgan fingerprint density at radius 1 is 1.44 bits per heavy atom. The second-order valence-electron chi connectivity index (χ2n) is 4.58. The molecule has 0 aliphatic carbocycles. The van der Waals surface area contributed by atoms with Gasteiger partial charge in [0.1, 0.15) is 0 Å². The minimum Gasteiger partial charge on any atom is -0.313 e. The van der Waals surface area contributed by atoms with Crippen molar-refractivity contribution < 1.29 is 0 Å². The van der Waals surface area contributed by atoms with Gasteiger partial charge in [0, 0.05) is 12.6 Å². The van der Waals surface area contributed by atoms with E-state index in [1.807, 2.05) is 0 Å². The third-order valence-electron chi connectivity index (χ3n) is 2.63. The van der Waals surface area contributed by atoms with Crippen molar-refractivity contribution >= 4 is 11.3 Å². The van der Waals surface area contributed by atoms with Crippen molar-refractivity contribution in [2.24, 2.45) is 0 Å². The van der Waals surface area contributed by atoms with Gasteiger partial charge < -0.3 is 10.2 Å². The highest BCUT2D eigenvalue weighted by atomic mass is 32.1. The molecule has 0 saturated carbocycles. The van der Waals surface area contributed by atoms with Crippen LogP contribution in [0, 0.1) is 0 Å². The van der Waals surface area contributed by atoms with E-state index in [1.165, 1.54) is 24.8 Å². The van der Waals surface area contributed by atoms with Gasteiger partial charge in [-0.3, -0.25) is 0 Å². The molecule has 1 unspecified atom stereocenters. The van der Waals surface area contributed by atoms with Crippen LogP contribution < -0.4 is 5.32 Å². The molecule has 0 spiro atoms. The number of nitrogens with one attached hydrogen (secondary N) is 1. The molecule has 0 amide bonds. The number of rotatable bonds is 8. The Bertz CT molecular complexity index is 257. The summed E-state index contributed by atoms with van der Waals surface area (Å²) in [7, 11) is 4.29. The van der Waals surface area contributed by atoms with Gasteiger partial charge in [0.05, 0.1) is 0 Å². The normalized spacial score (nSPS) is 13.2. The minimum atomic E-state index is 0.620. The summed E-state index contributed by atoms with van der Waals surface area (Å²) in [4.78, 5) is 2.26. The average molecular weight is 240 g/mol. The Balaban J connectivity index is 2.31. The molecular weight excluding hydrogens is 216 g/mol. The van der Waals surface area contributed by atoms with Gasteiger partial charge in [-0.15, -0.1) is 0 Å². The summed E-state index contributed by atoms with van der Waals surface area (Å²) in [5, 5.41) is 8.04. The summed E-state index contributed by atoms with van der Waals surface area (Å²) >= 11 is 1.79. The molecule has 0 fully saturated rings. The summed E-state index contributed by atoms with van der Waals surface area (Å²) in [5.41, 5.74) is 1.48. The summed E-state index contributed by atoms with van der Waals surface area (Å²) < 4.78 is 0. The first-order valence-corrected chi connectivity index (χ1v) is 7.05. The molecule has 0 saturated heterocycles. The number of thiophene rings is 1. The SMILES string of the molecule is CCCNC(CCc1ccsc1)CN(C)C. The van der Waals surface area contributed by atoms with E-state index in [0.717, 1.165) is 13.1 Å². The smallest absolute Gasteiger partial charge is 0.0197 e. The van der Waals surface area contributed by atoms with E-state index in [4.69, 9.17) is 0 Å². The summed E-state index contributed by atoms with van der Waals surface area (Å²) in [6, 6.07) is 2.85. The Hall–Kier alpha value is -0.380. The van der Waals surface area contributed by atoms with Gasteiger partial charge >= 0.3 is 0 Å². The number of nitrogens with zero attached hydrogens (tertiary/aromatic N) is 1. The lowest BCUT2D eigenvalue weighted by Gasteiger charge is -2.22. The van der Waals surface area contributed by atoms with Gasteiger partial charge in [-0.2, -0.15) is 11.3 Å². The van der Waals surface area contributed by atoms with E-state index in [-0.39, 0.29) is 0 Å². The zero-order valence-corrected chi connectivity index (χ0v) is 11.5. The first kappa shape index (κ1) is 13.7. The van der Waals surface area contributed by atoms with Crippen LogP contribution in [0.5, 0.6) is 0 Å². The first-order chi connectivity index (χ1) is 7.72. The second-order valence-corrected chi connectivity index (χ2v) is 5.36.